The van der Waals surface area contributed by atoms with Gasteiger partial charge < -0.3 is 13.9 Å². The van der Waals surface area contributed by atoms with Crippen LogP contribution in [-0.4, -0.2) is 28.3 Å². The Morgan fingerprint density at radius 1 is 1.55 bits per heavy atom. The number of hydrogen-bond acceptors (Lipinski definition) is 4. The topological polar surface area (TPSA) is 52.8 Å². The zero-order valence-corrected chi connectivity index (χ0v) is 11.9. The van der Waals surface area contributed by atoms with Crippen LogP contribution in [0, 0.1) is 0 Å². The van der Waals surface area contributed by atoms with Crippen molar-refractivity contribution in [1.29, 1.82) is 0 Å². The molecule has 0 aromatic carbocycles. The first kappa shape index (κ1) is 14.6. The second-order valence-corrected chi connectivity index (χ2v) is 4.56. The van der Waals surface area contributed by atoms with Crippen LogP contribution in [0.5, 0.6) is 5.75 Å². The molecule has 0 bridgehead atoms. The van der Waals surface area contributed by atoms with Gasteiger partial charge >= 0.3 is 5.97 Å². The summed E-state index contributed by atoms with van der Waals surface area (Å²) in [6.45, 7) is 3.31. The van der Waals surface area contributed by atoms with Crippen molar-refractivity contribution < 1.29 is 18.7 Å². The number of fused-ring (bicyclic) bond motifs is 1. The highest BCUT2D eigenvalue weighted by Crippen LogP contribution is 2.25. The summed E-state index contributed by atoms with van der Waals surface area (Å²) >= 11 is 5.93. The third-order valence-corrected chi connectivity index (χ3v) is 2.66. The van der Waals surface area contributed by atoms with Crippen LogP contribution in [0.4, 0.5) is 4.39 Å². The van der Waals surface area contributed by atoms with E-state index in [9.17, 15) is 9.18 Å². The fourth-order valence-electron chi connectivity index (χ4n) is 1.79. The third-order valence-electron chi connectivity index (χ3n) is 2.45. The number of pyridine rings is 1. The summed E-state index contributed by atoms with van der Waals surface area (Å²) in [6, 6.07) is 1.48. The van der Waals surface area contributed by atoms with Gasteiger partial charge in [-0.05, 0) is 6.92 Å². The lowest BCUT2D eigenvalue weighted by molar-refractivity contribution is -0.142. The zero-order chi connectivity index (χ0) is 14.7. The summed E-state index contributed by atoms with van der Waals surface area (Å²) in [5, 5.41) is 0.383. The molecule has 0 saturated heterocycles. The maximum Gasteiger partial charge on any atom is 0.311 e. The normalized spacial score (nSPS) is 12.4. The molecule has 5 nitrogen and oxygen atoms in total. The lowest BCUT2D eigenvalue weighted by atomic mass is 10.3. The van der Waals surface area contributed by atoms with Crippen LogP contribution in [-0.2, 0) is 16.0 Å². The molecule has 1 unspecified atom stereocenters. The molecular formula is C13H14ClFN2O3. The standard InChI is InChI=1S/C13H14ClFN2O3/c1-3-19-12(18)5-10-7-17-6-9(14)4-11(13(17)16-10)20-8(2)15/h4,6-8H,3,5H2,1-2H3. The van der Waals surface area contributed by atoms with E-state index in [1.165, 1.54) is 13.0 Å². The maximum absolute atomic E-state index is 13.0. The minimum absolute atomic E-state index is 0.0394. The van der Waals surface area contributed by atoms with Gasteiger partial charge in [0.1, 0.15) is 0 Å². The molecule has 7 heteroatoms. The number of imidazole rings is 1. The van der Waals surface area contributed by atoms with Gasteiger partial charge in [0.2, 0.25) is 6.36 Å². The van der Waals surface area contributed by atoms with Crippen molar-refractivity contribution in [2.75, 3.05) is 6.61 Å². The van der Waals surface area contributed by atoms with Gasteiger partial charge in [0.15, 0.2) is 11.4 Å². The van der Waals surface area contributed by atoms with Crippen molar-refractivity contribution in [1.82, 2.24) is 9.38 Å². The SMILES string of the molecule is CCOC(=O)Cc1cn2cc(Cl)cc(OC(C)F)c2n1. The fourth-order valence-corrected chi connectivity index (χ4v) is 2.00. The van der Waals surface area contributed by atoms with Gasteiger partial charge in [-0.1, -0.05) is 11.6 Å². The van der Waals surface area contributed by atoms with Crippen molar-refractivity contribution in [3.8, 4) is 5.75 Å². The van der Waals surface area contributed by atoms with Gasteiger partial charge in [-0.25, -0.2) is 9.37 Å². The van der Waals surface area contributed by atoms with E-state index in [1.54, 1.807) is 23.7 Å². The van der Waals surface area contributed by atoms with Crippen molar-refractivity contribution in [3.63, 3.8) is 0 Å². The van der Waals surface area contributed by atoms with Gasteiger partial charge in [0, 0.05) is 25.4 Å². The number of aromatic nitrogens is 2. The maximum atomic E-state index is 13.0. The second-order valence-electron chi connectivity index (χ2n) is 4.13. The monoisotopic (exact) mass is 300 g/mol. The number of rotatable bonds is 5. The van der Waals surface area contributed by atoms with E-state index in [2.05, 4.69) is 4.98 Å². The molecule has 0 aliphatic heterocycles. The predicted molar refractivity (Wildman–Crippen MR) is 71.7 cm³/mol. The quantitative estimate of drug-likeness (QED) is 0.797. The number of halogens is 2. The van der Waals surface area contributed by atoms with Crippen LogP contribution in [0.2, 0.25) is 5.02 Å². The number of hydrogen-bond donors (Lipinski definition) is 0. The van der Waals surface area contributed by atoms with Crippen molar-refractivity contribution in [3.05, 3.63) is 29.2 Å². The Bertz CT molecular complexity index is 627. The lowest BCUT2D eigenvalue weighted by Crippen LogP contribution is -2.07. The molecule has 0 N–H and O–H groups in total. The molecule has 2 heterocycles. The van der Waals surface area contributed by atoms with Crippen LogP contribution in [0.1, 0.15) is 19.5 Å². The van der Waals surface area contributed by atoms with Crippen LogP contribution < -0.4 is 4.74 Å². The average Bonchev–Trinajstić information content (AvgIpc) is 2.70. The summed E-state index contributed by atoms with van der Waals surface area (Å²) in [7, 11) is 0. The summed E-state index contributed by atoms with van der Waals surface area (Å²) in [6.07, 6.45) is 1.79. The molecule has 2 rings (SSSR count). The molecule has 20 heavy (non-hydrogen) atoms. The van der Waals surface area contributed by atoms with Gasteiger partial charge in [-0.15, -0.1) is 0 Å². The Hall–Kier alpha value is -1.82. The van der Waals surface area contributed by atoms with E-state index in [1.807, 2.05) is 0 Å². The number of esters is 1. The minimum atomic E-state index is -1.48. The van der Waals surface area contributed by atoms with Crippen LogP contribution >= 0.6 is 11.6 Å². The van der Waals surface area contributed by atoms with E-state index in [0.717, 1.165) is 0 Å². The third kappa shape index (κ3) is 3.39. The lowest BCUT2D eigenvalue weighted by Gasteiger charge is -2.08. The molecule has 0 aliphatic carbocycles. The first-order chi connectivity index (χ1) is 9.49. The van der Waals surface area contributed by atoms with Crippen molar-refractivity contribution in [2.45, 2.75) is 26.6 Å². The minimum Gasteiger partial charge on any atom is -0.466 e. The summed E-state index contributed by atoms with van der Waals surface area (Å²) in [4.78, 5) is 15.7. The Morgan fingerprint density at radius 2 is 2.30 bits per heavy atom. The predicted octanol–water partition coefficient (Wildman–Crippen LogP) is 2.79. The average molecular weight is 301 g/mol. The number of nitrogens with zero attached hydrogens (tertiary/aromatic N) is 2. The molecule has 108 valence electrons. The first-order valence-electron chi connectivity index (χ1n) is 6.13. The van der Waals surface area contributed by atoms with Gasteiger partial charge in [0.05, 0.1) is 23.7 Å². The molecule has 0 fully saturated rings. The molecule has 0 spiro atoms. The van der Waals surface area contributed by atoms with Crippen LogP contribution in [0.15, 0.2) is 18.5 Å². The summed E-state index contributed by atoms with van der Waals surface area (Å²) in [5.41, 5.74) is 0.903. The van der Waals surface area contributed by atoms with Crippen LogP contribution in [0.25, 0.3) is 5.65 Å². The number of ether oxygens (including phenoxy) is 2. The zero-order valence-electron chi connectivity index (χ0n) is 11.1. The molecule has 0 amide bonds. The smallest absolute Gasteiger partial charge is 0.311 e. The van der Waals surface area contributed by atoms with Gasteiger partial charge in [-0.3, -0.25) is 4.79 Å². The fraction of sp³-hybridized carbons (Fsp3) is 0.385. The largest absolute Gasteiger partial charge is 0.466 e. The van der Waals surface area contributed by atoms with Crippen LogP contribution in [0.3, 0.4) is 0 Å². The Kier molecular flexibility index (Phi) is 4.44. The molecular weight excluding hydrogens is 287 g/mol. The number of carbonyl (C=O) groups excluding carboxylic acids is 1. The summed E-state index contributed by atoms with van der Waals surface area (Å²) in [5.74, 6) is -0.147. The number of carbonyl (C=O) groups is 1. The molecule has 2 aromatic rings. The molecule has 0 aliphatic rings. The van der Waals surface area contributed by atoms with Crippen molar-refractivity contribution in [2.24, 2.45) is 0 Å². The summed E-state index contributed by atoms with van der Waals surface area (Å²) < 4.78 is 24.5. The van der Waals surface area contributed by atoms with E-state index in [4.69, 9.17) is 21.1 Å². The highest BCUT2D eigenvalue weighted by atomic mass is 35.5. The molecule has 0 radical (unpaired) electrons. The van der Waals surface area contributed by atoms with Gasteiger partial charge in [0.25, 0.3) is 0 Å². The highest BCUT2D eigenvalue weighted by molar-refractivity contribution is 6.30. The van der Waals surface area contributed by atoms with Gasteiger partial charge in [-0.2, -0.15) is 0 Å². The Balaban J connectivity index is 2.34. The Morgan fingerprint density at radius 3 is 2.95 bits per heavy atom. The first-order valence-corrected chi connectivity index (χ1v) is 6.51. The van der Waals surface area contributed by atoms with E-state index in [0.29, 0.717) is 23.0 Å². The van der Waals surface area contributed by atoms with Crippen molar-refractivity contribution >= 4 is 23.2 Å². The number of alkyl halides is 1. The molecule has 2 aromatic heterocycles. The second kappa shape index (κ2) is 6.09. The van der Waals surface area contributed by atoms with E-state index in [-0.39, 0.29) is 18.1 Å². The highest BCUT2D eigenvalue weighted by Gasteiger charge is 2.14. The molecule has 1 atom stereocenters. The van der Waals surface area contributed by atoms with E-state index >= 15 is 0 Å². The molecule has 0 saturated carbocycles. The Labute approximate surface area is 120 Å². The van der Waals surface area contributed by atoms with E-state index < -0.39 is 6.36 Å².